The Bertz CT molecular complexity index is 919. The van der Waals surface area contributed by atoms with Gasteiger partial charge in [-0.2, -0.15) is 0 Å². The van der Waals surface area contributed by atoms with Gasteiger partial charge in [-0.15, -0.1) is 0 Å². The summed E-state index contributed by atoms with van der Waals surface area (Å²) in [4.78, 5) is 12.5. The van der Waals surface area contributed by atoms with Crippen molar-refractivity contribution >= 4 is 5.91 Å². The van der Waals surface area contributed by atoms with E-state index in [9.17, 15) is 9.18 Å². The van der Waals surface area contributed by atoms with Gasteiger partial charge in [0.25, 0.3) is 5.91 Å². The molecule has 0 radical (unpaired) electrons. The lowest BCUT2D eigenvalue weighted by molar-refractivity contribution is 0.0897. The molecule has 2 aromatic carbocycles. The molecule has 5 heteroatoms. The van der Waals surface area contributed by atoms with E-state index in [1.807, 2.05) is 24.3 Å². The number of furan rings is 1. The Kier molecular flexibility index (Phi) is 3.98. The Morgan fingerprint density at radius 2 is 1.84 bits per heavy atom. The summed E-state index contributed by atoms with van der Waals surface area (Å²) in [6.45, 7) is 0.542. The molecule has 0 saturated heterocycles. The molecule has 4 nitrogen and oxygen atoms in total. The van der Waals surface area contributed by atoms with E-state index < -0.39 is 0 Å². The highest BCUT2D eigenvalue weighted by molar-refractivity contribution is 5.92. The van der Waals surface area contributed by atoms with Gasteiger partial charge in [0.2, 0.25) is 0 Å². The molecule has 1 unspecified atom stereocenters. The number of carbonyl (C=O) groups is 1. The summed E-state index contributed by atoms with van der Waals surface area (Å²) in [5, 5.41) is 2.96. The minimum atomic E-state index is -0.387. The maximum absolute atomic E-state index is 13.8. The van der Waals surface area contributed by atoms with Crippen molar-refractivity contribution in [2.24, 2.45) is 0 Å². The molecular formula is C20H16FNO3. The van der Waals surface area contributed by atoms with E-state index >= 15 is 0 Å². The lowest BCUT2D eigenvalue weighted by Gasteiger charge is -2.26. The highest BCUT2D eigenvalue weighted by Crippen LogP contribution is 2.32. The molecule has 126 valence electrons. The van der Waals surface area contributed by atoms with Gasteiger partial charge < -0.3 is 14.5 Å². The Morgan fingerprint density at radius 3 is 2.72 bits per heavy atom. The predicted octanol–water partition coefficient (Wildman–Crippen LogP) is 4.34. The van der Waals surface area contributed by atoms with Gasteiger partial charge in [-0.3, -0.25) is 4.79 Å². The Morgan fingerprint density at radius 1 is 1.04 bits per heavy atom. The first kappa shape index (κ1) is 15.4. The van der Waals surface area contributed by atoms with E-state index in [2.05, 4.69) is 5.32 Å². The van der Waals surface area contributed by atoms with Crippen LogP contribution < -0.4 is 10.1 Å². The average Bonchev–Trinajstić information content (AvgIpc) is 3.12. The lowest BCUT2D eigenvalue weighted by atomic mass is 10.0. The summed E-state index contributed by atoms with van der Waals surface area (Å²) >= 11 is 0. The van der Waals surface area contributed by atoms with Crippen molar-refractivity contribution in [3.05, 3.63) is 77.8 Å². The first-order chi connectivity index (χ1) is 12.2. The molecule has 1 N–H and O–H groups in total. The van der Waals surface area contributed by atoms with Gasteiger partial charge in [0.15, 0.2) is 5.76 Å². The van der Waals surface area contributed by atoms with E-state index in [0.717, 1.165) is 11.3 Å². The number of fused-ring (bicyclic) bond motifs is 1. The summed E-state index contributed by atoms with van der Waals surface area (Å²) in [5.74, 6) is 0.551. The SMILES string of the molecule is O=C(NC1CCOc2ccccc21)c1ccc(-c2ccccc2F)o1. The highest BCUT2D eigenvalue weighted by Gasteiger charge is 2.24. The van der Waals surface area contributed by atoms with E-state index in [1.165, 1.54) is 6.07 Å². The van der Waals surface area contributed by atoms with Crippen molar-refractivity contribution in [3.8, 4) is 17.1 Å². The summed E-state index contributed by atoms with van der Waals surface area (Å²) in [7, 11) is 0. The molecule has 0 spiro atoms. The molecule has 3 aromatic rings. The highest BCUT2D eigenvalue weighted by atomic mass is 19.1. The fraction of sp³-hybridized carbons (Fsp3) is 0.150. The summed E-state index contributed by atoms with van der Waals surface area (Å²) in [6, 6.07) is 17.0. The topological polar surface area (TPSA) is 51.5 Å². The van der Waals surface area contributed by atoms with Crippen LogP contribution in [-0.4, -0.2) is 12.5 Å². The van der Waals surface area contributed by atoms with Gasteiger partial charge in [0.1, 0.15) is 17.3 Å². The molecular weight excluding hydrogens is 321 g/mol. The quantitative estimate of drug-likeness (QED) is 0.773. The monoisotopic (exact) mass is 337 g/mol. The van der Waals surface area contributed by atoms with Crippen molar-refractivity contribution in [2.45, 2.75) is 12.5 Å². The molecule has 4 rings (SSSR count). The zero-order valence-corrected chi connectivity index (χ0v) is 13.4. The third kappa shape index (κ3) is 3.01. The summed E-state index contributed by atoms with van der Waals surface area (Å²) in [5.41, 5.74) is 1.28. The number of hydrogen-bond donors (Lipinski definition) is 1. The van der Waals surface area contributed by atoms with Gasteiger partial charge in [-0.25, -0.2) is 4.39 Å². The molecule has 0 aliphatic carbocycles. The van der Waals surface area contributed by atoms with Crippen LogP contribution in [0.4, 0.5) is 4.39 Å². The largest absolute Gasteiger partial charge is 0.493 e. The van der Waals surface area contributed by atoms with Crippen molar-refractivity contribution in [1.29, 1.82) is 0 Å². The molecule has 1 aromatic heterocycles. The summed E-state index contributed by atoms with van der Waals surface area (Å²) in [6.07, 6.45) is 0.684. The number of carbonyl (C=O) groups excluding carboxylic acids is 1. The normalized spacial score (nSPS) is 16.0. The summed E-state index contributed by atoms with van der Waals surface area (Å²) < 4.78 is 25.0. The number of para-hydroxylation sites is 1. The number of hydrogen-bond acceptors (Lipinski definition) is 3. The smallest absolute Gasteiger partial charge is 0.287 e. The van der Waals surface area contributed by atoms with Crippen LogP contribution in [0.3, 0.4) is 0 Å². The lowest BCUT2D eigenvalue weighted by Crippen LogP contribution is -2.31. The zero-order valence-electron chi connectivity index (χ0n) is 13.4. The van der Waals surface area contributed by atoms with Crippen LogP contribution in [0.2, 0.25) is 0 Å². The van der Waals surface area contributed by atoms with Gasteiger partial charge in [0, 0.05) is 12.0 Å². The average molecular weight is 337 g/mol. The second-order valence-electron chi connectivity index (χ2n) is 5.84. The fourth-order valence-corrected chi connectivity index (χ4v) is 2.99. The van der Waals surface area contributed by atoms with Crippen molar-refractivity contribution in [1.82, 2.24) is 5.32 Å². The van der Waals surface area contributed by atoms with Crippen LogP contribution in [0.1, 0.15) is 28.6 Å². The zero-order chi connectivity index (χ0) is 17.2. The number of rotatable bonds is 3. The first-order valence-electron chi connectivity index (χ1n) is 8.10. The van der Waals surface area contributed by atoms with E-state index in [0.29, 0.717) is 24.4 Å². The van der Waals surface area contributed by atoms with Crippen molar-refractivity contribution in [3.63, 3.8) is 0 Å². The van der Waals surface area contributed by atoms with Gasteiger partial charge in [0.05, 0.1) is 18.2 Å². The molecule has 0 fully saturated rings. The predicted molar refractivity (Wildman–Crippen MR) is 90.9 cm³/mol. The standard InChI is InChI=1S/C20H16FNO3/c21-15-7-3-1-5-13(15)18-9-10-19(25-18)20(23)22-16-11-12-24-17-8-4-2-6-14(16)17/h1-10,16H,11-12H2,(H,22,23). The maximum Gasteiger partial charge on any atom is 0.287 e. The van der Waals surface area contributed by atoms with Gasteiger partial charge >= 0.3 is 0 Å². The molecule has 1 amide bonds. The molecule has 1 atom stereocenters. The van der Waals surface area contributed by atoms with Gasteiger partial charge in [-0.05, 0) is 30.3 Å². The van der Waals surface area contributed by atoms with Gasteiger partial charge in [-0.1, -0.05) is 30.3 Å². The van der Waals surface area contributed by atoms with Crippen LogP contribution >= 0.6 is 0 Å². The first-order valence-corrected chi connectivity index (χ1v) is 8.10. The third-order valence-electron chi connectivity index (χ3n) is 4.23. The number of nitrogens with one attached hydrogen (secondary N) is 1. The van der Waals surface area contributed by atoms with Crippen molar-refractivity contribution < 1.29 is 18.3 Å². The fourth-order valence-electron chi connectivity index (χ4n) is 2.99. The molecule has 25 heavy (non-hydrogen) atoms. The molecule has 1 aliphatic heterocycles. The van der Waals surface area contributed by atoms with E-state index in [1.54, 1.807) is 30.3 Å². The number of halogens is 1. The minimum absolute atomic E-state index is 0.139. The second-order valence-corrected chi connectivity index (χ2v) is 5.84. The molecule has 0 bridgehead atoms. The Hall–Kier alpha value is -3.08. The van der Waals surface area contributed by atoms with Crippen LogP contribution in [-0.2, 0) is 0 Å². The van der Waals surface area contributed by atoms with Crippen molar-refractivity contribution in [2.75, 3.05) is 6.61 Å². The van der Waals surface area contributed by atoms with E-state index in [-0.39, 0.29) is 23.5 Å². The molecule has 0 saturated carbocycles. The Balaban J connectivity index is 1.54. The van der Waals surface area contributed by atoms with Crippen LogP contribution in [0, 0.1) is 5.82 Å². The maximum atomic E-state index is 13.8. The minimum Gasteiger partial charge on any atom is -0.493 e. The number of amides is 1. The Labute approximate surface area is 144 Å². The third-order valence-corrected chi connectivity index (χ3v) is 4.23. The number of benzene rings is 2. The molecule has 2 heterocycles. The number of ether oxygens (including phenoxy) is 1. The molecule has 1 aliphatic rings. The van der Waals surface area contributed by atoms with Crippen LogP contribution in [0.5, 0.6) is 5.75 Å². The second kappa shape index (κ2) is 6.43. The van der Waals surface area contributed by atoms with Crippen LogP contribution in [0.25, 0.3) is 11.3 Å². The van der Waals surface area contributed by atoms with Crippen LogP contribution in [0.15, 0.2) is 65.1 Å². The van der Waals surface area contributed by atoms with E-state index in [4.69, 9.17) is 9.15 Å².